The van der Waals surface area contributed by atoms with Gasteiger partial charge in [0, 0.05) is 25.7 Å². The number of rotatable bonds is 83. The fourth-order valence-corrected chi connectivity index (χ4v) is 14.8. The van der Waals surface area contributed by atoms with Crippen molar-refractivity contribution < 1.29 is 80.2 Å². The molecule has 0 saturated heterocycles. The molecule has 0 fully saturated rings. The van der Waals surface area contributed by atoms with Gasteiger partial charge in [-0.05, 0) is 43.4 Å². The van der Waals surface area contributed by atoms with Gasteiger partial charge >= 0.3 is 39.5 Å². The lowest BCUT2D eigenvalue weighted by Crippen LogP contribution is -2.30. The second kappa shape index (κ2) is 75.1. The molecule has 0 bridgehead atoms. The molecular weight excluding hydrogens is 1350 g/mol. The highest BCUT2D eigenvalue weighted by molar-refractivity contribution is 7.47. The van der Waals surface area contributed by atoms with Gasteiger partial charge in [0.2, 0.25) is 0 Å². The molecule has 19 heteroatoms. The second-order valence-corrected chi connectivity index (χ2v) is 34.9. The summed E-state index contributed by atoms with van der Waals surface area (Å²) in [6.45, 7) is 12.0. The molecule has 0 aromatic rings. The first-order valence-corrected chi connectivity index (χ1v) is 46.8. The first kappa shape index (κ1) is 102. The summed E-state index contributed by atoms with van der Waals surface area (Å²) in [4.78, 5) is 73.2. The first-order valence-electron chi connectivity index (χ1n) is 43.8. The maximum absolute atomic E-state index is 13.1. The van der Waals surface area contributed by atoms with Crippen molar-refractivity contribution >= 4 is 39.5 Å². The Morgan fingerprint density at radius 3 is 0.654 bits per heavy atom. The van der Waals surface area contributed by atoms with Crippen molar-refractivity contribution in [2.75, 3.05) is 39.6 Å². The molecule has 0 aliphatic heterocycles. The van der Waals surface area contributed by atoms with Crippen LogP contribution in [0.1, 0.15) is 447 Å². The highest BCUT2D eigenvalue weighted by atomic mass is 31.2. The number of carbonyl (C=O) groups is 4. The Bertz CT molecular complexity index is 2010. The fourth-order valence-electron chi connectivity index (χ4n) is 13.2. The molecule has 0 amide bonds. The zero-order chi connectivity index (χ0) is 76.5. The standard InChI is InChI=1S/C85H166O17P2/c1-8-9-10-11-12-13-14-15-16-17-18-19-22-26-32-39-47-54-61-68-84(89)101-80(72-95-82(87)66-59-52-45-38-31-25-23-20-21-24-29-35-42-49-56-63-76(2)3)74-99-103(91,92)97-70-79(86)71-98-104(93,94)100-75-81(73-96-83(88)67-60-53-46-41-34-37-44-51-58-65-78(6)7)102-85(90)69-62-55-48-40-33-28-27-30-36-43-50-57-64-77(4)5/h76-81,86H,8-75H2,1-7H3,(H,91,92)(H,93,94)/t79-,80-,81-/m1/s1. The van der Waals surface area contributed by atoms with E-state index in [2.05, 4.69) is 48.5 Å². The predicted molar refractivity (Wildman–Crippen MR) is 428 cm³/mol. The summed E-state index contributed by atoms with van der Waals surface area (Å²) in [5.74, 6) is 0.222. The molecule has 0 heterocycles. The number of carbonyl (C=O) groups excluding carboxylic acids is 4. The van der Waals surface area contributed by atoms with Crippen LogP contribution in [0.5, 0.6) is 0 Å². The average molecular weight is 1520 g/mol. The van der Waals surface area contributed by atoms with Crippen LogP contribution in [0.2, 0.25) is 0 Å². The normalized spacial score (nSPS) is 13.9. The van der Waals surface area contributed by atoms with E-state index < -0.39 is 97.5 Å². The molecule has 0 aliphatic rings. The smallest absolute Gasteiger partial charge is 0.462 e. The van der Waals surface area contributed by atoms with Crippen LogP contribution < -0.4 is 0 Å². The molecule has 104 heavy (non-hydrogen) atoms. The largest absolute Gasteiger partial charge is 0.472 e. The van der Waals surface area contributed by atoms with Gasteiger partial charge in [0.1, 0.15) is 19.3 Å². The lowest BCUT2D eigenvalue weighted by Gasteiger charge is -2.21. The van der Waals surface area contributed by atoms with E-state index in [-0.39, 0.29) is 25.7 Å². The monoisotopic (exact) mass is 1520 g/mol. The Labute approximate surface area is 638 Å². The van der Waals surface area contributed by atoms with Gasteiger partial charge in [-0.25, -0.2) is 9.13 Å². The average Bonchev–Trinajstić information content (AvgIpc) is 0.902. The zero-order valence-corrected chi connectivity index (χ0v) is 70.3. The van der Waals surface area contributed by atoms with Gasteiger partial charge in [-0.15, -0.1) is 0 Å². The molecular formula is C85H166O17P2. The Morgan fingerprint density at radius 1 is 0.260 bits per heavy atom. The highest BCUT2D eigenvalue weighted by Gasteiger charge is 2.30. The van der Waals surface area contributed by atoms with E-state index in [0.29, 0.717) is 25.7 Å². The van der Waals surface area contributed by atoms with Gasteiger partial charge in [-0.2, -0.15) is 0 Å². The third-order valence-corrected chi connectivity index (χ3v) is 21.8. The molecule has 0 aromatic carbocycles. The molecule has 0 radical (unpaired) electrons. The quantitative estimate of drug-likeness (QED) is 0.0222. The van der Waals surface area contributed by atoms with Crippen molar-refractivity contribution in [2.45, 2.75) is 465 Å². The molecule has 0 spiro atoms. The van der Waals surface area contributed by atoms with Crippen LogP contribution in [0.4, 0.5) is 0 Å². The lowest BCUT2D eigenvalue weighted by atomic mass is 10.0. The van der Waals surface area contributed by atoms with Crippen molar-refractivity contribution in [3.63, 3.8) is 0 Å². The van der Waals surface area contributed by atoms with E-state index in [0.717, 1.165) is 108 Å². The van der Waals surface area contributed by atoms with Crippen molar-refractivity contribution in [1.82, 2.24) is 0 Å². The van der Waals surface area contributed by atoms with E-state index in [1.807, 2.05) is 0 Å². The van der Waals surface area contributed by atoms with E-state index >= 15 is 0 Å². The molecule has 0 saturated carbocycles. The predicted octanol–water partition coefficient (Wildman–Crippen LogP) is 25.7. The number of ether oxygens (including phenoxy) is 4. The van der Waals surface area contributed by atoms with Gasteiger partial charge in [-0.3, -0.25) is 37.3 Å². The fraction of sp³-hybridized carbons (Fsp3) is 0.953. The Hall–Kier alpha value is -1.94. The number of aliphatic hydroxyl groups is 1. The minimum atomic E-state index is -4.97. The summed E-state index contributed by atoms with van der Waals surface area (Å²) in [7, 11) is -9.93. The number of esters is 4. The minimum absolute atomic E-state index is 0.107. The molecule has 0 aromatic heterocycles. The van der Waals surface area contributed by atoms with Gasteiger partial charge in [0.15, 0.2) is 12.2 Å². The third-order valence-electron chi connectivity index (χ3n) is 19.9. The van der Waals surface area contributed by atoms with Crippen LogP contribution in [-0.2, 0) is 65.4 Å². The third kappa shape index (κ3) is 78.2. The Morgan fingerprint density at radius 2 is 0.442 bits per heavy atom. The van der Waals surface area contributed by atoms with E-state index in [9.17, 15) is 43.2 Å². The topological polar surface area (TPSA) is 237 Å². The molecule has 2 unspecified atom stereocenters. The Kier molecular flexibility index (Phi) is 73.7. The highest BCUT2D eigenvalue weighted by Crippen LogP contribution is 2.45. The Balaban J connectivity index is 5.26. The number of phosphoric acid groups is 2. The van der Waals surface area contributed by atoms with E-state index in [1.54, 1.807) is 0 Å². The summed E-state index contributed by atoms with van der Waals surface area (Å²) < 4.78 is 68.9. The lowest BCUT2D eigenvalue weighted by molar-refractivity contribution is -0.161. The molecule has 3 N–H and O–H groups in total. The molecule has 0 rings (SSSR count). The molecule has 5 atom stereocenters. The van der Waals surface area contributed by atoms with Gasteiger partial charge in [0.05, 0.1) is 26.4 Å². The van der Waals surface area contributed by atoms with E-state index in [1.165, 1.54) is 257 Å². The minimum Gasteiger partial charge on any atom is -0.462 e. The number of phosphoric ester groups is 2. The van der Waals surface area contributed by atoms with Crippen LogP contribution in [0.3, 0.4) is 0 Å². The van der Waals surface area contributed by atoms with Crippen LogP contribution in [0.15, 0.2) is 0 Å². The maximum Gasteiger partial charge on any atom is 0.472 e. The SMILES string of the molecule is CCCCCCCCCCCCCCCCCCCCCC(=O)O[C@H](COC(=O)CCCCCCCCCCCCCCCCCC(C)C)COP(=O)(O)OC[C@@H](O)COP(=O)(O)OC[C@@H](COC(=O)CCCCCCCCCCCC(C)C)OC(=O)CCCCCCCCCCCCCCC(C)C. The number of hydrogen-bond donors (Lipinski definition) is 3. The number of hydrogen-bond acceptors (Lipinski definition) is 15. The van der Waals surface area contributed by atoms with Crippen molar-refractivity contribution in [2.24, 2.45) is 17.8 Å². The summed E-state index contributed by atoms with van der Waals surface area (Å²) in [6, 6.07) is 0. The van der Waals surface area contributed by atoms with E-state index in [4.69, 9.17) is 37.0 Å². The summed E-state index contributed by atoms with van der Waals surface area (Å²) in [6.07, 6.45) is 65.2. The first-order chi connectivity index (χ1) is 50.2. The van der Waals surface area contributed by atoms with Crippen LogP contribution in [-0.4, -0.2) is 96.7 Å². The van der Waals surface area contributed by atoms with Crippen LogP contribution >= 0.6 is 15.6 Å². The zero-order valence-electron chi connectivity index (χ0n) is 68.5. The maximum atomic E-state index is 13.1. The van der Waals surface area contributed by atoms with Gasteiger partial charge in [-0.1, -0.05) is 395 Å². The summed E-state index contributed by atoms with van der Waals surface area (Å²) in [5.41, 5.74) is 0. The molecule has 0 aliphatic carbocycles. The van der Waals surface area contributed by atoms with Gasteiger partial charge < -0.3 is 33.8 Å². The molecule has 618 valence electrons. The van der Waals surface area contributed by atoms with Crippen molar-refractivity contribution in [1.29, 1.82) is 0 Å². The number of aliphatic hydroxyl groups excluding tert-OH is 1. The second-order valence-electron chi connectivity index (χ2n) is 32.0. The summed E-state index contributed by atoms with van der Waals surface area (Å²) in [5, 5.41) is 10.7. The number of unbranched alkanes of at least 4 members (excludes halogenated alkanes) is 51. The summed E-state index contributed by atoms with van der Waals surface area (Å²) >= 11 is 0. The van der Waals surface area contributed by atoms with Crippen molar-refractivity contribution in [3.8, 4) is 0 Å². The van der Waals surface area contributed by atoms with Crippen LogP contribution in [0.25, 0.3) is 0 Å². The van der Waals surface area contributed by atoms with Crippen LogP contribution in [0, 0.1) is 17.8 Å². The van der Waals surface area contributed by atoms with Gasteiger partial charge in [0.25, 0.3) is 0 Å². The molecule has 17 nitrogen and oxygen atoms in total. The van der Waals surface area contributed by atoms with Crippen molar-refractivity contribution in [3.05, 3.63) is 0 Å².